The van der Waals surface area contributed by atoms with Gasteiger partial charge in [-0.3, -0.25) is 0 Å². The number of carboxylic acid groups (broad SMARTS) is 2. The first-order valence-corrected chi connectivity index (χ1v) is 7.59. The van der Waals surface area contributed by atoms with Crippen molar-refractivity contribution in [2.24, 2.45) is 0 Å². The van der Waals surface area contributed by atoms with E-state index in [1.54, 1.807) is 24.3 Å². The van der Waals surface area contributed by atoms with Crippen LogP contribution in [-0.4, -0.2) is 22.2 Å². The molecule has 0 heterocycles. The predicted molar refractivity (Wildman–Crippen MR) is 85.6 cm³/mol. The van der Waals surface area contributed by atoms with E-state index in [9.17, 15) is 9.59 Å². The lowest BCUT2D eigenvalue weighted by Gasteiger charge is -2.05. The van der Waals surface area contributed by atoms with Crippen molar-refractivity contribution >= 4 is 22.7 Å². The van der Waals surface area contributed by atoms with Crippen LogP contribution in [0.5, 0.6) is 0 Å². The standard InChI is InChI=1S/C12H8O4.C6H12/c13-11(14)8-5-1-3-7-4-2-6-9(10(7)8)12(15)16;1-2-4-6-5-3-1/h1-6H,(H,13,14)(H,15,16);1-6H2. The van der Waals surface area contributed by atoms with Gasteiger partial charge in [-0.25, -0.2) is 9.59 Å². The van der Waals surface area contributed by atoms with Gasteiger partial charge in [0.15, 0.2) is 0 Å². The lowest BCUT2D eigenvalue weighted by molar-refractivity contribution is 0.0695. The van der Waals surface area contributed by atoms with Gasteiger partial charge in [-0.15, -0.1) is 0 Å². The molecule has 2 aromatic carbocycles. The van der Waals surface area contributed by atoms with Crippen LogP contribution >= 0.6 is 0 Å². The van der Waals surface area contributed by atoms with Crippen molar-refractivity contribution in [3.8, 4) is 0 Å². The number of hydrogen-bond acceptors (Lipinski definition) is 2. The Labute approximate surface area is 129 Å². The van der Waals surface area contributed by atoms with Crippen LogP contribution in [0.1, 0.15) is 59.2 Å². The molecule has 0 bridgehead atoms. The summed E-state index contributed by atoms with van der Waals surface area (Å²) in [4.78, 5) is 22.0. The molecule has 0 spiro atoms. The Hall–Kier alpha value is -2.36. The number of aromatic carboxylic acids is 2. The smallest absolute Gasteiger partial charge is 0.336 e. The summed E-state index contributed by atoms with van der Waals surface area (Å²) in [5.74, 6) is -2.25. The SMILES string of the molecule is C1CCCCC1.O=C(O)c1cccc2cccc(C(=O)O)c12. The quantitative estimate of drug-likeness (QED) is 0.851. The Morgan fingerprint density at radius 2 is 1.05 bits per heavy atom. The zero-order chi connectivity index (χ0) is 15.9. The molecule has 4 heteroatoms. The van der Waals surface area contributed by atoms with Crippen molar-refractivity contribution in [1.29, 1.82) is 0 Å². The average molecular weight is 300 g/mol. The fourth-order valence-corrected chi connectivity index (χ4v) is 2.76. The lowest BCUT2D eigenvalue weighted by atomic mass is 9.99. The first-order chi connectivity index (χ1) is 10.6. The third-order valence-corrected chi connectivity index (χ3v) is 3.87. The maximum atomic E-state index is 11.0. The van der Waals surface area contributed by atoms with Gasteiger partial charge in [0.2, 0.25) is 0 Å². The van der Waals surface area contributed by atoms with Gasteiger partial charge in [-0.2, -0.15) is 0 Å². The Balaban J connectivity index is 0.000000246. The minimum absolute atomic E-state index is 0.00972. The molecule has 1 aliphatic rings. The zero-order valence-corrected chi connectivity index (χ0v) is 12.4. The van der Waals surface area contributed by atoms with Crippen molar-refractivity contribution < 1.29 is 19.8 Å². The van der Waals surface area contributed by atoms with Crippen LogP contribution < -0.4 is 0 Å². The maximum absolute atomic E-state index is 11.0. The molecule has 0 atom stereocenters. The van der Waals surface area contributed by atoms with E-state index in [0.717, 1.165) is 0 Å². The molecule has 0 saturated heterocycles. The number of hydrogen-bond donors (Lipinski definition) is 2. The van der Waals surface area contributed by atoms with Gasteiger partial charge in [0.25, 0.3) is 0 Å². The largest absolute Gasteiger partial charge is 0.478 e. The van der Waals surface area contributed by atoms with E-state index >= 15 is 0 Å². The molecule has 4 nitrogen and oxygen atoms in total. The molecular formula is C18H20O4. The first kappa shape index (κ1) is 16.0. The minimum atomic E-state index is -1.13. The summed E-state index contributed by atoms with van der Waals surface area (Å²) in [6, 6.07) is 9.37. The number of fused-ring (bicyclic) bond motifs is 1. The minimum Gasteiger partial charge on any atom is -0.478 e. The Bertz CT molecular complexity index is 612. The normalized spacial score (nSPS) is 14.0. The van der Waals surface area contributed by atoms with E-state index in [0.29, 0.717) is 5.39 Å². The molecule has 2 aromatic rings. The molecule has 116 valence electrons. The summed E-state index contributed by atoms with van der Waals surface area (Å²) in [5, 5.41) is 18.9. The number of carboxylic acids is 2. The molecular weight excluding hydrogens is 280 g/mol. The van der Waals surface area contributed by atoms with E-state index in [1.165, 1.54) is 50.7 Å². The molecule has 0 aliphatic heterocycles. The highest BCUT2D eigenvalue weighted by molar-refractivity contribution is 6.12. The summed E-state index contributed by atoms with van der Waals surface area (Å²) in [5.41, 5.74) is 0.0194. The van der Waals surface area contributed by atoms with E-state index < -0.39 is 11.9 Å². The summed E-state index contributed by atoms with van der Waals surface area (Å²) in [6.45, 7) is 0. The topological polar surface area (TPSA) is 74.6 Å². The number of rotatable bonds is 2. The Kier molecular flexibility index (Phi) is 5.53. The van der Waals surface area contributed by atoms with Gasteiger partial charge in [-0.05, 0) is 17.5 Å². The Morgan fingerprint density at radius 1 is 0.682 bits per heavy atom. The van der Waals surface area contributed by atoms with E-state index in [2.05, 4.69) is 0 Å². The molecule has 3 rings (SSSR count). The van der Waals surface area contributed by atoms with Gasteiger partial charge < -0.3 is 10.2 Å². The van der Waals surface area contributed by atoms with Crippen LogP contribution in [0.25, 0.3) is 10.8 Å². The van der Waals surface area contributed by atoms with Crippen LogP contribution in [0.3, 0.4) is 0 Å². The van der Waals surface area contributed by atoms with Crippen LogP contribution in [0.4, 0.5) is 0 Å². The predicted octanol–water partition coefficient (Wildman–Crippen LogP) is 4.58. The molecule has 1 aliphatic carbocycles. The maximum Gasteiger partial charge on any atom is 0.336 e. The van der Waals surface area contributed by atoms with Gasteiger partial charge in [0.05, 0.1) is 11.1 Å². The highest BCUT2D eigenvalue weighted by Crippen LogP contribution is 2.23. The third-order valence-electron chi connectivity index (χ3n) is 3.87. The first-order valence-electron chi connectivity index (χ1n) is 7.59. The van der Waals surface area contributed by atoms with Gasteiger partial charge in [0, 0.05) is 5.39 Å². The fraction of sp³-hybridized carbons (Fsp3) is 0.333. The van der Waals surface area contributed by atoms with Gasteiger partial charge in [0.1, 0.15) is 0 Å². The summed E-state index contributed by atoms with van der Waals surface area (Å²) >= 11 is 0. The van der Waals surface area contributed by atoms with Crippen molar-refractivity contribution in [3.05, 3.63) is 47.5 Å². The summed E-state index contributed by atoms with van der Waals surface area (Å²) in [6.07, 6.45) is 9.00. The second-order valence-corrected chi connectivity index (χ2v) is 5.44. The van der Waals surface area contributed by atoms with Crippen LogP contribution in [0.15, 0.2) is 36.4 Å². The van der Waals surface area contributed by atoms with Crippen LogP contribution in [0.2, 0.25) is 0 Å². The molecule has 2 N–H and O–H groups in total. The second-order valence-electron chi connectivity index (χ2n) is 5.44. The van der Waals surface area contributed by atoms with Crippen molar-refractivity contribution in [2.75, 3.05) is 0 Å². The average Bonchev–Trinajstić information content (AvgIpc) is 2.55. The summed E-state index contributed by atoms with van der Waals surface area (Å²) < 4.78 is 0. The second kappa shape index (κ2) is 7.59. The monoisotopic (exact) mass is 300 g/mol. The molecule has 0 amide bonds. The molecule has 0 aromatic heterocycles. The van der Waals surface area contributed by atoms with E-state index in [-0.39, 0.29) is 16.5 Å². The highest BCUT2D eigenvalue weighted by atomic mass is 16.4. The highest BCUT2D eigenvalue weighted by Gasteiger charge is 2.15. The summed E-state index contributed by atoms with van der Waals surface area (Å²) in [7, 11) is 0. The Morgan fingerprint density at radius 3 is 1.36 bits per heavy atom. The van der Waals surface area contributed by atoms with Gasteiger partial charge >= 0.3 is 11.9 Å². The lowest BCUT2D eigenvalue weighted by Crippen LogP contribution is -2.03. The number of carbonyl (C=O) groups is 2. The van der Waals surface area contributed by atoms with E-state index in [1.807, 2.05) is 0 Å². The van der Waals surface area contributed by atoms with Gasteiger partial charge in [-0.1, -0.05) is 62.8 Å². The third kappa shape index (κ3) is 3.85. The van der Waals surface area contributed by atoms with Crippen molar-refractivity contribution in [2.45, 2.75) is 38.5 Å². The molecule has 1 saturated carbocycles. The van der Waals surface area contributed by atoms with Crippen molar-refractivity contribution in [1.82, 2.24) is 0 Å². The zero-order valence-electron chi connectivity index (χ0n) is 12.4. The molecule has 0 radical (unpaired) electrons. The fourth-order valence-electron chi connectivity index (χ4n) is 2.76. The number of benzene rings is 2. The van der Waals surface area contributed by atoms with E-state index in [4.69, 9.17) is 10.2 Å². The molecule has 1 fully saturated rings. The molecule has 22 heavy (non-hydrogen) atoms. The van der Waals surface area contributed by atoms with Crippen LogP contribution in [-0.2, 0) is 0 Å². The van der Waals surface area contributed by atoms with Crippen molar-refractivity contribution in [3.63, 3.8) is 0 Å². The van der Waals surface area contributed by atoms with Crippen LogP contribution in [0, 0.1) is 0 Å². The molecule has 0 unspecified atom stereocenters.